The van der Waals surface area contributed by atoms with Crippen molar-refractivity contribution in [3.8, 4) is 0 Å². The van der Waals surface area contributed by atoms with Gasteiger partial charge in [0, 0.05) is 43.4 Å². The molecule has 2 aromatic rings. The lowest BCUT2D eigenvalue weighted by molar-refractivity contribution is -0.139. The van der Waals surface area contributed by atoms with Gasteiger partial charge >= 0.3 is 0 Å². The zero-order valence-corrected chi connectivity index (χ0v) is 14.8. The number of hydrogen-bond acceptors (Lipinski definition) is 4. The Morgan fingerprint density at radius 3 is 2.88 bits per heavy atom. The first kappa shape index (κ1) is 16.3. The summed E-state index contributed by atoms with van der Waals surface area (Å²) in [5, 5.41) is 1.18. The fourth-order valence-corrected chi connectivity index (χ4v) is 3.96. The van der Waals surface area contributed by atoms with Crippen LogP contribution < -0.4 is 4.90 Å². The monoisotopic (exact) mass is 339 g/mol. The molecule has 0 saturated carbocycles. The van der Waals surface area contributed by atoms with E-state index in [1.165, 1.54) is 16.6 Å². The maximum Gasteiger partial charge on any atom is 0.227 e. The number of ether oxygens (including phenoxy) is 1. The van der Waals surface area contributed by atoms with E-state index in [0.717, 1.165) is 44.5 Å². The van der Waals surface area contributed by atoms with Crippen molar-refractivity contribution in [3.05, 3.63) is 36.0 Å². The predicted octanol–water partition coefficient (Wildman–Crippen LogP) is 2.62. The summed E-state index contributed by atoms with van der Waals surface area (Å²) >= 11 is 0. The third-order valence-corrected chi connectivity index (χ3v) is 5.31. The Balaban J connectivity index is 1.57. The molecule has 2 aliphatic heterocycles. The smallest absolute Gasteiger partial charge is 0.227 e. The highest BCUT2D eigenvalue weighted by Gasteiger charge is 2.30. The number of carbonyl (C=O) groups is 1. The molecule has 3 heterocycles. The summed E-state index contributed by atoms with van der Waals surface area (Å²) in [7, 11) is 0. The van der Waals surface area contributed by atoms with Crippen LogP contribution in [-0.4, -0.2) is 55.2 Å². The molecule has 0 radical (unpaired) electrons. The van der Waals surface area contributed by atoms with Crippen molar-refractivity contribution < 1.29 is 9.53 Å². The van der Waals surface area contributed by atoms with Crippen LogP contribution in [0.4, 0.5) is 5.69 Å². The Morgan fingerprint density at radius 1 is 1.20 bits per heavy atom. The average molecular weight is 339 g/mol. The molecular formula is C20H25N3O2. The average Bonchev–Trinajstić information content (AvgIpc) is 2.67. The molecule has 25 heavy (non-hydrogen) atoms. The van der Waals surface area contributed by atoms with Gasteiger partial charge < -0.3 is 14.5 Å². The van der Waals surface area contributed by atoms with Gasteiger partial charge in [-0.05, 0) is 38.0 Å². The van der Waals surface area contributed by atoms with E-state index in [2.05, 4.69) is 41.1 Å². The summed E-state index contributed by atoms with van der Waals surface area (Å²) in [4.78, 5) is 21.7. The Kier molecular flexibility index (Phi) is 4.57. The van der Waals surface area contributed by atoms with Crippen molar-refractivity contribution in [2.24, 2.45) is 5.92 Å². The summed E-state index contributed by atoms with van der Waals surface area (Å²) in [6, 6.07) is 8.46. The summed E-state index contributed by atoms with van der Waals surface area (Å²) in [5.41, 5.74) is 3.46. The minimum atomic E-state index is 0.0832. The van der Waals surface area contributed by atoms with Crippen molar-refractivity contribution >= 4 is 22.5 Å². The Bertz CT molecular complexity index is 771. The van der Waals surface area contributed by atoms with Gasteiger partial charge in [0.05, 0.1) is 24.6 Å². The normalized spacial score (nSPS) is 21.6. The van der Waals surface area contributed by atoms with Gasteiger partial charge in [0.1, 0.15) is 0 Å². The van der Waals surface area contributed by atoms with E-state index >= 15 is 0 Å². The van der Waals surface area contributed by atoms with Crippen LogP contribution in [0, 0.1) is 12.8 Å². The molecule has 1 aromatic heterocycles. The van der Waals surface area contributed by atoms with Gasteiger partial charge in [-0.1, -0.05) is 11.6 Å². The molecule has 2 fully saturated rings. The molecule has 0 N–H and O–H groups in total. The molecule has 4 rings (SSSR count). The number of benzene rings is 1. The highest BCUT2D eigenvalue weighted by Crippen LogP contribution is 2.30. The van der Waals surface area contributed by atoms with Crippen LogP contribution in [-0.2, 0) is 9.53 Å². The van der Waals surface area contributed by atoms with E-state index in [-0.39, 0.29) is 5.92 Å². The first-order valence-corrected chi connectivity index (χ1v) is 9.19. The molecule has 0 spiro atoms. The number of nitrogens with zero attached hydrogens (tertiary/aromatic N) is 3. The number of fused-ring (bicyclic) bond motifs is 1. The number of amides is 1. The van der Waals surface area contributed by atoms with E-state index < -0.39 is 0 Å². The standard InChI is InChI=1S/C20H25N3O2/c1-15-4-5-18-17(13-15)19(6-7-21-18)23-8-2-3-16(14-23)20(24)22-9-11-25-12-10-22/h4-7,13,16H,2-3,8-12,14H2,1H3. The van der Waals surface area contributed by atoms with E-state index in [9.17, 15) is 4.79 Å². The third kappa shape index (κ3) is 3.33. The number of carbonyl (C=O) groups excluding carboxylic acids is 1. The summed E-state index contributed by atoms with van der Waals surface area (Å²) in [6.45, 7) is 6.69. The van der Waals surface area contributed by atoms with E-state index in [1.54, 1.807) is 0 Å². The molecule has 1 atom stereocenters. The van der Waals surface area contributed by atoms with Gasteiger partial charge in [0.2, 0.25) is 5.91 Å². The highest BCUT2D eigenvalue weighted by molar-refractivity contribution is 5.92. The molecule has 132 valence electrons. The molecule has 1 amide bonds. The van der Waals surface area contributed by atoms with Crippen LogP contribution in [0.2, 0.25) is 0 Å². The van der Waals surface area contributed by atoms with Crippen LogP contribution >= 0.6 is 0 Å². The van der Waals surface area contributed by atoms with Crippen LogP contribution in [0.1, 0.15) is 18.4 Å². The van der Waals surface area contributed by atoms with Crippen LogP contribution in [0.3, 0.4) is 0 Å². The van der Waals surface area contributed by atoms with E-state index in [1.807, 2.05) is 11.1 Å². The summed E-state index contributed by atoms with van der Waals surface area (Å²) in [5.74, 6) is 0.377. The highest BCUT2D eigenvalue weighted by atomic mass is 16.5. The van der Waals surface area contributed by atoms with Crippen molar-refractivity contribution in [1.29, 1.82) is 0 Å². The summed E-state index contributed by atoms with van der Waals surface area (Å²) in [6.07, 6.45) is 3.91. The predicted molar refractivity (Wildman–Crippen MR) is 98.8 cm³/mol. The van der Waals surface area contributed by atoms with Crippen molar-refractivity contribution in [2.75, 3.05) is 44.3 Å². The minimum Gasteiger partial charge on any atom is -0.378 e. The van der Waals surface area contributed by atoms with E-state index in [0.29, 0.717) is 19.1 Å². The Hall–Kier alpha value is -2.14. The van der Waals surface area contributed by atoms with Crippen LogP contribution in [0.5, 0.6) is 0 Å². The largest absolute Gasteiger partial charge is 0.378 e. The zero-order valence-electron chi connectivity index (χ0n) is 14.8. The second kappa shape index (κ2) is 7.00. The van der Waals surface area contributed by atoms with Gasteiger partial charge in [0.15, 0.2) is 0 Å². The number of anilines is 1. The third-order valence-electron chi connectivity index (χ3n) is 5.31. The second-order valence-electron chi connectivity index (χ2n) is 7.07. The first-order chi connectivity index (χ1) is 12.2. The maximum absolute atomic E-state index is 12.9. The van der Waals surface area contributed by atoms with Crippen molar-refractivity contribution in [3.63, 3.8) is 0 Å². The second-order valence-corrected chi connectivity index (χ2v) is 7.07. The van der Waals surface area contributed by atoms with Crippen LogP contribution in [0.25, 0.3) is 10.9 Å². The number of rotatable bonds is 2. The minimum absolute atomic E-state index is 0.0832. The number of aromatic nitrogens is 1. The van der Waals surface area contributed by atoms with E-state index in [4.69, 9.17) is 4.74 Å². The number of morpholine rings is 1. The SMILES string of the molecule is Cc1ccc2nccc(N3CCCC(C(=O)N4CCOCC4)C3)c2c1. The lowest BCUT2D eigenvalue weighted by atomic mass is 9.95. The Labute approximate surface area is 148 Å². The Morgan fingerprint density at radius 2 is 2.04 bits per heavy atom. The number of pyridine rings is 1. The molecular weight excluding hydrogens is 314 g/mol. The molecule has 1 unspecified atom stereocenters. The molecule has 0 bridgehead atoms. The maximum atomic E-state index is 12.9. The summed E-state index contributed by atoms with van der Waals surface area (Å²) < 4.78 is 5.38. The molecule has 5 heteroatoms. The molecule has 0 aliphatic carbocycles. The quantitative estimate of drug-likeness (QED) is 0.844. The number of hydrogen-bond donors (Lipinski definition) is 0. The lowest BCUT2D eigenvalue weighted by Crippen LogP contribution is -2.48. The zero-order chi connectivity index (χ0) is 17.2. The molecule has 1 aromatic carbocycles. The van der Waals surface area contributed by atoms with Crippen LogP contribution in [0.15, 0.2) is 30.5 Å². The lowest BCUT2D eigenvalue weighted by Gasteiger charge is -2.37. The van der Waals surface area contributed by atoms with Gasteiger partial charge in [0.25, 0.3) is 0 Å². The fourth-order valence-electron chi connectivity index (χ4n) is 3.96. The first-order valence-electron chi connectivity index (χ1n) is 9.19. The topological polar surface area (TPSA) is 45.7 Å². The fraction of sp³-hybridized carbons (Fsp3) is 0.500. The van der Waals surface area contributed by atoms with Crippen molar-refractivity contribution in [1.82, 2.24) is 9.88 Å². The molecule has 5 nitrogen and oxygen atoms in total. The molecule has 2 aliphatic rings. The van der Waals surface area contributed by atoms with Gasteiger partial charge in [-0.2, -0.15) is 0 Å². The van der Waals surface area contributed by atoms with Gasteiger partial charge in [-0.3, -0.25) is 9.78 Å². The van der Waals surface area contributed by atoms with Gasteiger partial charge in [-0.15, -0.1) is 0 Å². The molecule has 2 saturated heterocycles. The van der Waals surface area contributed by atoms with Crippen molar-refractivity contribution in [2.45, 2.75) is 19.8 Å². The number of aryl methyl sites for hydroxylation is 1. The number of piperidine rings is 1. The van der Waals surface area contributed by atoms with Gasteiger partial charge in [-0.25, -0.2) is 0 Å².